The van der Waals surface area contributed by atoms with Crippen LogP contribution in [0, 0.1) is 5.82 Å². The predicted molar refractivity (Wildman–Crippen MR) is 53.7 cm³/mol. The lowest BCUT2D eigenvalue weighted by Crippen LogP contribution is -2.05. The van der Waals surface area contributed by atoms with Crippen molar-refractivity contribution in [2.75, 3.05) is 5.73 Å². The van der Waals surface area contributed by atoms with Crippen LogP contribution in [0.15, 0.2) is 36.7 Å². The molecular formula is C10H10FN3O. The van der Waals surface area contributed by atoms with Crippen molar-refractivity contribution >= 4 is 5.69 Å². The monoisotopic (exact) mass is 207 g/mol. The molecule has 0 fully saturated rings. The lowest BCUT2D eigenvalue weighted by atomic mass is 10.3. The van der Waals surface area contributed by atoms with Crippen LogP contribution in [-0.4, -0.2) is 9.78 Å². The largest absolute Gasteiger partial charge is 0.471 e. The summed E-state index contributed by atoms with van der Waals surface area (Å²) in [5.41, 5.74) is 6.04. The van der Waals surface area contributed by atoms with Crippen LogP contribution in [0.4, 0.5) is 10.1 Å². The topological polar surface area (TPSA) is 53.1 Å². The Morgan fingerprint density at radius 3 is 3.00 bits per heavy atom. The summed E-state index contributed by atoms with van der Waals surface area (Å²) >= 11 is 0. The zero-order valence-corrected chi connectivity index (χ0v) is 7.93. The van der Waals surface area contributed by atoms with Gasteiger partial charge in [-0.25, -0.2) is 9.07 Å². The summed E-state index contributed by atoms with van der Waals surface area (Å²) in [6.45, 7) is 0.209. The minimum absolute atomic E-state index is 0.209. The molecule has 0 bridgehead atoms. The third-order valence-electron chi connectivity index (χ3n) is 1.81. The number of anilines is 1. The summed E-state index contributed by atoms with van der Waals surface area (Å²) in [7, 11) is 0. The first kappa shape index (κ1) is 9.51. The number of hydrogen-bond donors (Lipinski definition) is 1. The molecule has 0 amide bonds. The second kappa shape index (κ2) is 4.00. The van der Waals surface area contributed by atoms with Crippen molar-refractivity contribution in [1.29, 1.82) is 0 Å². The van der Waals surface area contributed by atoms with Crippen molar-refractivity contribution in [3.63, 3.8) is 0 Å². The Labute approximate surface area is 86.1 Å². The number of ether oxygens (including phenoxy) is 1. The molecule has 2 aromatic rings. The summed E-state index contributed by atoms with van der Waals surface area (Å²) in [6.07, 6.45) is 3.16. The van der Waals surface area contributed by atoms with E-state index >= 15 is 0 Å². The van der Waals surface area contributed by atoms with E-state index < -0.39 is 0 Å². The molecule has 0 saturated carbocycles. The van der Waals surface area contributed by atoms with E-state index in [9.17, 15) is 4.39 Å². The molecule has 78 valence electrons. The van der Waals surface area contributed by atoms with Crippen molar-refractivity contribution in [3.05, 3.63) is 42.5 Å². The molecule has 0 aliphatic heterocycles. The lowest BCUT2D eigenvalue weighted by Gasteiger charge is -2.05. The van der Waals surface area contributed by atoms with E-state index in [1.165, 1.54) is 23.0 Å². The van der Waals surface area contributed by atoms with Gasteiger partial charge in [0, 0.05) is 6.07 Å². The quantitative estimate of drug-likeness (QED) is 0.832. The Kier molecular flexibility index (Phi) is 2.53. The van der Waals surface area contributed by atoms with Gasteiger partial charge in [-0.05, 0) is 12.1 Å². The van der Waals surface area contributed by atoms with E-state index in [0.717, 1.165) is 0 Å². The highest BCUT2D eigenvalue weighted by atomic mass is 19.1. The Bertz CT molecular complexity index is 455. The molecule has 0 atom stereocenters. The first-order chi connectivity index (χ1) is 7.24. The fourth-order valence-electron chi connectivity index (χ4n) is 1.15. The summed E-state index contributed by atoms with van der Waals surface area (Å²) in [4.78, 5) is 0. The first-order valence-electron chi connectivity index (χ1n) is 4.40. The van der Waals surface area contributed by atoms with Crippen LogP contribution in [0.1, 0.15) is 0 Å². The molecule has 5 heteroatoms. The number of benzene rings is 1. The molecule has 2 rings (SSSR count). The van der Waals surface area contributed by atoms with Gasteiger partial charge in [0.1, 0.15) is 11.6 Å². The van der Waals surface area contributed by atoms with Crippen molar-refractivity contribution in [2.24, 2.45) is 0 Å². The molecule has 0 unspecified atom stereocenters. The molecule has 0 aliphatic carbocycles. The van der Waals surface area contributed by atoms with Gasteiger partial charge in [-0.2, -0.15) is 5.10 Å². The molecule has 0 spiro atoms. The maximum atomic E-state index is 12.8. The predicted octanol–water partition coefficient (Wildman–Crippen LogP) is 1.64. The molecule has 4 nitrogen and oxygen atoms in total. The van der Waals surface area contributed by atoms with Gasteiger partial charge in [-0.3, -0.25) is 0 Å². The van der Waals surface area contributed by atoms with E-state index in [1.807, 2.05) is 0 Å². The Morgan fingerprint density at radius 1 is 1.47 bits per heavy atom. The molecule has 1 aromatic heterocycles. The summed E-state index contributed by atoms with van der Waals surface area (Å²) in [6, 6.07) is 5.93. The smallest absolute Gasteiger partial charge is 0.180 e. The Balaban J connectivity index is 1.99. The van der Waals surface area contributed by atoms with Crippen molar-refractivity contribution < 1.29 is 9.13 Å². The minimum atomic E-state index is -0.326. The average molecular weight is 207 g/mol. The first-order valence-corrected chi connectivity index (χ1v) is 4.40. The standard InChI is InChI=1S/C10H10FN3O/c11-8-2-1-3-10(4-8)15-7-14-6-9(12)5-13-14/h1-6H,7,12H2. The number of nitrogens with two attached hydrogens (primary N) is 1. The van der Waals surface area contributed by atoms with Gasteiger partial charge in [-0.15, -0.1) is 0 Å². The number of hydrogen-bond acceptors (Lipinski definition) is 3. The van der Waals surface area contributed by atoms with Crippen LogP contribution >= 0.6 is 0 Å². The van der Waals surface area contributed by atoms with Crippen LogP contribution < -0.4 is 10.5 Å². The van der Waals surface area contributed by atoms with Crippen LogP contribution in [-0.2, 0) is 6.73 Å². The third kappa shape index (κ3) is 2.46. The highest BCUT2D eigenvalue weighted by molar-refractivity contribution is 5.30. The number of rotatable bonds is 3. The molecule has 0 radical (unpaired) electrons. The SMILES string of the molecule is Nc1cnn(COc2cccc(F)c2)c1. The average Bonchev–Trinajstić information content (AvgIpc) is 2.62. The normalized spacial score (nSPS) is 10.2. The zero-order valence-electron chi connectivity index (χ0n) is 7.93. The summed E-state index contributed by atoms with van der Waals surface area (Å²) in [5.74, 6) is 0.136. The molecule has 0 aliphatic rings. The maximum absolute atomic E-state index is 12.8. The molecule has 1 aromatic carbocycles. The van der Waals surface area contributed by atoms with Gasteiger partial charge in [0.15, 0.2) is 6.73 Å². The number of halogens is 1. The molecule has 2 N–H and O–H groups in total. The Morgan fingerprint density at radius 2 is 2.33 bits per heavy atom. The van der Waals surface area contributed by atoms with E-state index in [4.69, 9.17) is 10.5 Å². The van der Waals surface area contributed by atoms with Crippen LogP contribution in [0.5, 0.6) is 5.75 Å². The lowest BCUT2D eigenvalue weighted by molar-refractivity contribution is 0.220. The van der Waals surface area contributed by atoms with Crippen molar-refractivity contribution in [1.82, 2.24) is 9.78 Å². The second-order valence-corrected chi connectivity index (χ2v) is 3.04. The molecule has 0 saturated heterocycles. The van der Waals surface area contributed by atoms with E-state index in [-0.39, 0.29) is 12.5 Å². The zero-order chi connectivity index (χ0) is 10.7. The molecule has 15 heavy (non-hydrogen) atoms. The van der Waals surface area contributed by atoms with Crippen molar-refractivity contribution in [2.45, 2.75) is 6.73 Å². The highest BCUT2D eigenvalue weighted by Gasteiger charge is 1.97. The van der Waals surface area contributed by atoms with E-state index in [2.05, 4.69) is 5.10 Å². The second-order valence-electron chi connectivity index (χ2n) is 3.04. The number of aromatic nitrogens is 2. The van der Waals surface area contributed by atoms with E-state index in [1.54, 1.807) is 18.3 Å². The van der Waals surface area contributed by atoms with E-state index in [0.29, 0.717) is 11.4 Å². The van der Waals surface area contributed by atoms with Crippen molar-refractivity contribution in [3.8, 4) is 5.75 Å². The third-order valence-corrected chi connectivity index (χ3v) is 1.81. The molecular weight excluding hydrogens is 197 g/mol. The number of nitrogen functional groups attached to an aromatic ring is 1. The van der Waals surface area contributed by atoms with Gasteiger partial charge in [0.05, 0.1) is 18.1 Å². The van der Waals surface area contributed by atoms with Gasteiger partial charge in [0.25, 0.3) is 0 Å². The van der Waals surface area contributed by atoms with Crippen LogP contribution in [0.3, 0.4) is 0 Å². The van der Waals surface area contributed by atoms with Crippen LogP contribution in [0.2, 0.25) is 0 Å². The van der Waals surface area contributed by atoms with Gasteiger partial charge in [0.2, 0.25) is 0 Å². The minimum Gasteiger partial charge on any atom is -0.471 e. The Hall–Kier alpha value is -2.04. The molecule has 1 heterocycles. The summed E-state index contributed by atoms with van der Waals surface area (Å²) in [5, 5.41) is 3.93. The fourth-order valence-corrected chi connectivity index (χ4v) is 1.15. The highest BCUT2D eigenvalue weighted by Crippen LogP contribution is 2.12. The van der Waals surface area contributed by atoms with Crippen LogP contribution in [0.25, 0.3) is 0 Å². The number of nitrogens with zero attached hydrogens (tertiary/aromatic N) is 2. The fraction of sp³-hybridized carbons (Fsp3) is 0.100. The van der Waals surface area contributed by atoms with Gasteiger partial charge in [-0.1, -0.05) is 6.07 Å². The van der Waals surface area contributed by atoms with Gasteiger partial charge < -0.3 is 10.5 Å². The summed E-state index contributed by atoms with van der Waals surface area (Å²) < 4.78 is 19.6. The van der Waals surface area contributed by atoms with Gasteiger partial charge >= 0.3 is 0 Å². The maximum Gasteiger partial charge on any atom is 0.180 e.